The standard InChI is InChI=1S/C23H22N6/c1-15-3-6-21-20(9-15)23(28-14-27-21)29-19-5-4-18(16(2)10-19)11-17-7-8-25-22(12-17)26-13-24/h3-10,12-14H,11H2,1-2H3,(H2,24,25,26)(H,27,28,29). The number of aromatic amines is 1. The van der Waals surface area contributed by atoms with Crippen LogP contribution >= 0.6 is 0 Å². The van der Waals surface area contributed by atoms with Crippen LogP contribution in [0.25, 0.3) is 10.9 Å². The molecule has 2 heterocycles. The summed E-state index contributed by atoms with van der Waals surface area (Å²) in [5.41, 5.74) is 7.36. The van der Waals surface area contributed by atoms with Gasteiger partial charge in [-0.15, -0.1) is 0 Å². The van der Waals surface area contributed by atoms with Gasteiger partial charge in [0.2, 0.25) is 0 Å². The number of pyridine rings is 1. The summed E-state index contributed by atoms with van der Waals surface area (Å²) in [5.74, 6) is 0.808. The highest BCUT2D eigenvalue weighted by Crippen LogP contribution is 2.25. The number of aromatic nitrogens is 3. The summed E-state index contributed by atoms with van der Waals surface area (Å²) in [6.07, 6.45) is 5.28. The maximum Gasteiger partial charge on any atom is 0.141 e. The molecule has 0 spiro atoms. The summed E-state index contributed by atoms with van der Waals surface area (Å²) in [7, 11) is 0. The predicted molar refractivity (Wildman–Crippen MR) is 117 cm³/mol. The summed E-state index contributed by atoms with van der Waals surface area (Å²) in [4.78, 5) is 15.8. The summed E-state index contributed by atoms with van der Waals surface area (Å²) in [6, 6.07) is 16.5. The number of aryl methyl sites for hydroxylation is 2. The van der Waals surface area contributed by atoms with E-state index in [1.807, 2.05) is 24.4 Å². The second kappa shape index (κ2) is 8.06. The number of nitrogens with one attached hydrogen (secondary N) is 3. The summed E-state index contributed by atoms with van der Waals surface area (Å²) in [5, 5.41) is 11.6. The molecule has 0 fully saturated rings. The number of anilines is 2. The highest BCUT2D eigenvalue weighted by Gasteiger charge is 2.07. The zero-order valence-corrected chi connectivity index (χ0v) is 16.4. The van der Waals surface area contributed by atoms with E-state index in [2.05, 4.69) is 69.4 Å². The highest BCUT2D eigenvalue weighted by atomic mass is 15.0. The van der Waals surface area contributed by atoms with E-state index in [9.17, 15) is 0 Å². The van der Waals surface area contributed by atoms with Gasteiger partial charge in [0.25, 0.3) is 0 Å². The van der Waals surface area contributed by atoms with Gasteiger partial charge < -0.3 is 10.3 Å². The molecule has 0 saturated carbocycles. The van der Waals surface area contributed by atoms with Crippen LogP contribution in [0.1, 0.15) is 22.3 Å². The lowest BCUT2D eigenvalue weighted by molar-refractivity contribution is 1.09. The number of benzene rings is 2. The van der Waals surface area contributed by atoms with Crippen LogP contribution < -0.4 is 10.8 Å². The second-order valence-electron chi connectivity index (χ2n) is 7.03. The van der Waals surface area contributed by atoms with E-state index >= 15 is 0 Å². The van der Waals surface area contributed by atoms with Gasteiger partial charge in [0, 0.05) is 17.3 Å². The van der Waals surface area contributed by atoms with Crippen LogP contribution in [0.5, 0.6) is 0 Å². The van der Waals surface area contributed by atoms with Crippen molar-refractivity contribution < 1.29 is 0 Å². The molecule has 0 aliphatic carbocycles. The van der Waals surface area contributed by atoms with E-state index in [4.69, 9.17) is 5.41 Å². The number of fused-ring (bicyclic) bond motifs is 1. The number of hydrogen-bond donors (Lipinski definition) is 3. The third-order valence-corrected chi connectivity index (χ3v) is 4.85. The van der Waals surface area contributed by atoms with Crippen LogP contribution in [0.2, 0.25) is 0 Å². The molecule has 6 heteroatoms. The minimum absolute atomic E-state index is 0.680. The van der Waals surface area contributed by atoms with E-state index in [-0.39, 0.29) is 0 Å². The third-order valence-electron chi connectivity index (χ3n) is 4.85. The van der Waals surface area contributed by atoms with Crippen molar-refractivity contribution in [1.82, 2.24) is 15.0 Å². The van der Waals surface area contributed by atoms with E-state index in [0.29, 0.717) is 5.49 Å². The van der Waals surface area contributed by atoms with Crippen molar-refractivity contribution >= 4 is 28.7 Å². The van der Waals surface area contributed by atoms with Crippen molar-refractivity contribution in [3.05, 3.63) is 88.8 Å². The molecular weight excluding hydrogens is 360 g/mol. The van der Waals surface area contributed by atoms with Crippen LogP contribution in [0.3, 0.4) is 0 Å². The predicted octanol–water partition coefficient (Wildman–Crippen LogP) is 4.42. The van der Waals surface area contributed by atoms with Crippen LogP contribution in [-0.2, 0) is 6.42 Å². The Balaban J connectivity index is 1.60. The molecule has 2 aromatic carbocycles. The van der Waals surface area contributed by atoms with Crippen LogP contribution in [0, 0.1) is 19.3 Å². The average Bonchev–Trinajstić information content (AvgIpc) is 2.71. The number of nitrogens with zero attached hydrogens (tertiary/aromatic N) is 3. The maximum atomic E-state index is 7.12. The Labute approximate surface area is 168 Å². The van der Waals surface area contributed by atoms with E-state index in [0.717, 1.165) is 40.7 Å². The minimum atomic E-state index is 0.680. The summed E-state index contributed by atoms with van der Waals surface area (Å²) >= 11 is 0. The second-order valence-corrected chi connectivity index (χ2v) is 7.03. The van der Waals surface area contributed by atoms with Crippen molar-refractivity contribution in [1.29, 1.82) is 5.41 Å². The van der Waals surface area contributed by atoms with Gasteiger partial charge in [-0.2, -0.15) is 0 Å². The number of H-pyrrole nitrogens is 1. The van der Waals surface area contributed by atoms with Gasteiger partial charge in [-0.3, -0.25) is 5.41 Å². The molecule has 0 radical (unpaired) electrons. The van der Waals surface area contributed by atoms with E-state index in [1.54, 1.807) is 6.33 Å². The van der Waals surface area contributed by atoms with Gasteiger partial charge in [0.05, 0.1) is 5.52 Å². The maximum absolute atomic E-state index is 7.12. The molecule has 6 nitrogen and oxygen atoms in total. The largest absolute Gasteiger partial charge is 0.347 e. The molecule has 0 bridgehead atoms. The van der Waals surface area contributed by atoms with Gasteiger partial charge >= 0.3 is 0 Å². The molecule has 0 aliphatic rings. The van der Waals surface area contributed by atoms with Crippen molar-refractivity contribution in [2.45, 2.75) is 20.3 Å². The summed E-state index contributed by atoms with van der Waals surface area (Å²) in [6.45, 7) is 4.18. The Kier molecular flexibility index (Phi) is 5.16. The molecular formula is C23H22N6. The fourth-order valence-corrected chi connectivity index (χ4v) is 3.35. The Morgan fingerprint density at radius 1 is 1.07 bits per heavy atom. The van der Waals surface area contributed by atoms with Crippen LogP contribution in [0.4, 0.5) is 11.5 Å². The fraction of sp³-hybridized carbons (Fsp3) is 0.130. The smallest absolute Gasteiger partial charge is 0.141 e. The summed E-state index contributed by atoms with van der Waals surface area (Å²) < 4.78 is 0. The molecule has 0 saturated heterocycles. The monoisotopic (exact) mass is 382 g/mol. The zero-order chi connectivity index (χ0) is 20.2. The molecule has 0 unspecified atom stereocenters. The minimum Gasteiger partial charge on any atom is -0.347 e. The van der Waals surface area contributed by atoms with E-state index in [1.165, 1.54) is 16.7 Å². The Hall–Kier alpha value is -3.80. The molecule has 0 aliphatic heterocycles. The lowest BCUT2D eigenvalue weighted by Crippen LogP contribution is -2.08. The van der Waals surface area contributed by atoms with E-state index < -0.39 is 0 Å². The highest BCUT2D eigenvalue weighted by molar-refractivity contribution is 5.91. The lowest BCUT2D eigenvalue weighted by atomic mass is 10.0. The topological polar surface area (TPSA) is 89.8 Å². The molecule has 0 amide bonds. The number of hydrogen-bond acceptors (Lipinski definition) is 4. The molecule has 4 aromatic rings. The average molecular weight is 382 g/mol. The first kappa shape index (κ1) is 18.6. The molecule has 0 atom stereocenters. The third kappa shape index (κ3) is 4.21. The molecule has 144 valence electrons. The van der Waals surface area contributed by atoms with Gasteiger partial charge in [-0.05, 0) is 73.4 Å². The van der Waals surface area contributed by atoms with Crippen LogP contribution in [-0.4, -0.2) is 21.3 Å². The normalized spacial score (nSPS) is 11.6. The van der Waals surface area contributed by atoms with Crippen molar-refractivity contribution in [2.24, 2.45) is 4.99 Å². The molecule has 2 aromatic heterocycles. The first-order chi connectivity index (χ1) is 14.1. The Morgan fingerprint density at radius 2 is 1.97 bits per heavy atom. The van der Waals surface area contributed by atoms with Crippen molar-refractivity contribution in [3.63, 3.8) is 0 Å². The quantitative estimate of drug-likeness (QED) is 0.353. The van der Waals surface area contributed by atoms with Crippen molar-refractivity contribution in [3.8, 4) is 0 Å². The van der Waals surface area contributed by atoms with Crippen LogP contribution in [0.15, 0.2) is 66.0 Å². The molecule has 3 N–H and O–H groups in total. The van der Waals surface area contributed by atoms with Gasteiger partial charge in [-0.25, -0.2) is 15.0 Å². The van der Waals surface area contributed by atoms with Gasteiger partial charge in [0.1, 0.15) is 24.0 Å². The number of rotatable bonds is 5. The molecule has 29 heavy (non-hydrogen) atoms. The first-order valence-corrected chi connectivity index (χ1v) is 9.41. The first-order valence-electron chi connectivity index (χ1n) is 9.41. The Bertz CT molecular complexity index is 1260. The Morgan fingerprint density at radius 3 is 2.79 bits per heavy atom. The zero-order valence-electron chi connectivity index (χ0n) is 16.4. The van der Waals surface area contributed by atoms with Gasteiger partial charge in [0.15, 0.2) is 0 Å². The fourth-order valence-electron chi connectivity index (χ4n) is 3.35. The van der Waals surface area contributed by atoms with Gasteiger partial charge in [-0.1, -0.05) is 17.7 Å². The lowest BCUT2D eigenvalue weighted by Gasteiger charge is -2.12. The van der Waals surface area contributed by atoms with Crippen molar-refractivity contribution in [2.75, 3.05) is 5.32 Å². The molecule has 4 rings (SSSR count). The SMILES string of the molecule is Cc1ccc2ncnc(Nc3ccc(Cc4cc[nH]/c(=N\C=N)c4)c(C)c3)c2c1.